The Hall–Kier alpha value is -2.82. The summed E-state index contributed by atoms with van der Waals surface area (Å²) in [5.74, 6) is -0.0507. The van der Waals surface area contributed by atoms with Crippen LogP contribution in [0, 0.1) is 0 Å². The Balaban J connectivity index is 1.81. The van der Waals surface area contributed by atoms with E-state index in [9.17, 15) is 9.59 Å². The molecular formula is C18H15NO4. The van der Waals surface area contributed by atoms with Crippen molar-refractivity contribution in [1.82, 2.24) is 4.90 Å². The number of ether oxygens (including phenoxy) is 2. The lowest BCUT2D eigenvalue weighted by molar-refractivity contribution is -0.140. The van der Waals surface area contributed by atoms with Gasteiger partial charge in [0, 0.05) is 12.6 Å². The summed E-state index contributed by atoms with van der Waals surface area (Å²) in [6.45, 7) is 1.97. The van der Waals surface area contributed by atoms with E-state index >= 15 is 0 Å². The summed E-state index contributed by atoms with van der Waals surface area (Å²) in [7, 11) is 0. The van der Waals surface area contributed by atoms with Crippen LogP contribution in [0.25, 0.3) is 0 Å². The minimum Gasteiger partial charge on any atom is -0.463 e. The molecule has 0 N–H and O–H groups in total. The van der Waals surface area contributed by atoms with Crippen molar-refractivity contribution in [3.05, 3.63) is 71.5 Å². The normalized spacial score (nSPS) is 27.0. The highest BCUT2D eigenvalue weighted by molar-refractivity contribution is 6.19. The summed E-state index contributed by atoms with van der Waals surface area (Å²) in [5, 5.41) is 0. The van der Waals surface area contributed by atoms with Gasteiger partial charge in [0.25, 0.3) is 0 Å². The fraction of sp³-hybridized carbons (Fsp3) is 0.222. The fourth-order valence-electron chi connectivity index (χ4n) is 3.38. The highest BCUT2D eigenvalue weighted by Crippen LogP contribution is 2.48. The molecule has 1 atom stereocenters. The maximum Gasteiger partial charge on any atom is 0.341 e. The molecule has 1 aliphatic carbocycles. The number of esters is 1. The Morgan fingerprint density at radius 1 is 1.39 bits per heavy atom. The molecule has 116 valence electrons. The quantitative estimate of drug-likeness (QED) is 0.578. The number of rotatable bonds is 2. The molecule has 0 fully saturated rings. The van der Waals surface area contributed by atoms with E-state index in [2.05, 4.69) is 0 Å². The lowest BCUT2D eigenvalue weighted by Crippen LogP contribution is -2.47. The molecule has 5 heteroatoms. The number of ketones is 1. The molecule has 0 aromatic rings. The third kappa shape index (κ3) is 1.86. The van der Waals surface area contributed by atoms with Crippen molar-refractivity contribution in [2.45, 2.75) is 18.9 Å². The minimum atomic E-state index is -0.616. The first-order chi connectivity index (χ1) is 11.2. The molecule has 0 radical (unpaired) electrons. The second kappa shape index (κ2) is 4.84. The first-order valence-corrected chi connectivity index (χ1v) is 7.53. The highest BCUT2D eigenvalue weighted by atomic mass is 16.5. The largest absolute Gasteiger partial charge is 0.463 e. The summed E-state index contributed by atoms with van der Waals surface area (Å²) < 4.78 is 10.6. The Bertz CT molecular complexity index is 794. The van der Waals surface area contributed by atoms with Crippen molar-refractivity contribution in [3.8, 4) is 0 Å². The number of hydrogen-bond donors (Lipinski definition) is 0. The summed E-state index contributed by atoms with van der Waals surface area (Å²) in [6, 6.07) is 0. The molecule has 0 aromatic carbocycles. The SMILES string of the molecule is CCOC(=O)C1=CC2=CC=CN3C4=CC=COC4=CC23CC1=O. The van der Waals surface area contributed by atoms with Crippen LogP contribution < -0.4 is 0 Å². The number of carbonyl (C=O) groups is 2. The van der Waals surface area contributed by atoms with Gasteiger partial charge >= 0.3 is 5.97 Å². The Kier molecular flexibility index (Phi) is 2.91. The van der Waals surface area contributed by atoms with Crippen LogP contribution in [0.2, 0.25) is 0 Å². The van der Waals surface area contributed by atoms with Crippen LogP contribution in [0.5, 0.6) is 0 Å². The maximum atomic E-state index is 12.6. The van der Waals surface area contributed by atoms with Crippen LogP contribution in [0.15, 0.2) is 71.5 Å². The monoisotopic (exact) mass is 309 g/mol. The Morgan fingerprint density at radius 3 is 3.09 bits per heavy atom. The third-order valence-electron chi connectivity index (χ3n) is 4.38. The van der Waals surface area contributed by atoms with E-state index in [1.54, 1.807) is 19.3 Å². The van der Waals surface area contributed by atoms with Gasteiger partial charge in [-0.2, -0.15) is 0 Å². The standard InChI is InChI=1S/C18H15NO4/c1-2-22-17(21)13-9-12-5-3-7-19-14-6-4-8-23-16(14)11-18(12,19)10-15(13)20/h3-9,11H,2,10H2,1H3. The van der Waals surface area contributed by atoms with Gasteiger partial charge in [-0.3, -0.25) is 4.79 Å². The predicted molar refractivity (Wildman–Crippen MR) is 82.5 cm³/mol. The van der Waals surface area contributed by atoms with Crippen molar-refractivity contribution in [2.24, 2.45) is 0 Å². The van der Waals surface area contributed by atoms with Crippen LogP contribution >= 0.6 is 0 Å². The van der Waals surface area contributed by atoms with E-state index < -0.39 is 11.5 Å². The molecule has 0 bridgehead atoms. The molecule has 0 saturated carbocycles. The van der Waals surface area contributed by atoms with Gasteiger partial charge in [0.1, 0.15) is 11.3 Å². The van der Waals surface area contributed by atoms with Crippen molar-refractivity contribution < 1.29 is 19.1 Å². The lowest BCUT2D eigenvalue weighted by atomic mass is 9.76. The van der Waals surface area contributed by atoms with Gasteiger partial charge in [0.05, 0.1) is 24.1 Å². The number of allylic oxidation sites excluding steroid dienone is 4. The van der Waals surface area contributed by atoms with Crippen LogP contribution in [-0.4, -0.2) is 28.8 Å². The van der Waals surface area contributed by atoms with Gasteiger partial charge < -0.3 is 14.4 Å². The second-order valence-electron chi connectivity index (χ2n) is 5.64. The average molecular weight is 309 g/mol. The van der Waals surface area contributed by atoms with Crippen molar-refractivity contribution >= 4 is 11.8 Å². The molecule has 1 unspecified atom stereocenters. The van der Waals surface area contributed by atoms with Gasteiger partial charge in [0.2, 0.25) is 0 Å². The summed E-state index contributed by atoms with van der Waals surface area (Å²) >= 11 is 0. The van der Waals surface area contributed by atoms with E-state index in [1.807, 2.05) is 41.5 Å². The average Bonchev–Trinajstić information content (AvgIpc) is 2.86. The molecule has 0 saturated heterocycles. The van der Waals surface area contributed by atoms with E-state index in [-0.39, 0.29) is 24.4 Å². The van der Waals surface area contributed by atoms with Crippen molar-refractivity contribution in [2.75, 3.05) is 6.61 Å². The van der Waals surface area contributed by atoms with Crippen LogP contribution in [0.4, 0.5) is 0 Å². The topological polar surface area (TPSA) is 55.8 Å². The zero-order chi connectivity index (χ0) is 16.0. The van der Waals surface area contributed by atoms with Gasteiger partial charge in [-0.05, 0) is 42.9 Å². The second-order valence-corrected chi connectivity index (χ2v) is 5.64. The van der Waals surface area contributed by atoms with Crippen LogP contribution in [0.3, 0.4) is 0 Å². The number of hydrogen-bond acceptors (Lipinski definition) is 5. The van der Waals surface area contributed by atoms with E-state index in [4.69, 9.17) is 9.47 Å². The smallest absolute Gasteiger partial charge is 0.341 e. The van der Waals surface area contributed by atoms with Crippen LogP contribution in [0.1, 0.15) is 13.3 Å². The van der Waals surface area contributed by atoms with Gasteiger partial charge in [-0.1, -0.05) is 6.08 Å². The fourth-order valence-corrected chi connectivity index (χ4v) is 3.38. The molecule has 0 amide bonds. The molecule has 0 aromatic heterocycles. The molecule has 23 heavy (non-hydrogen) atoms. The zero-order valence-corrected chi connectivity index (χ0v) is 12.6. The zero-order valence-electron chi connectivity index (χ0n) is 12.6. The van der Waals surface area contributed by atoms with E-state index in [0.717, 1.165) is 17.0 Å². The first kappa shape index (κ1) is 13.8. The number of Topliss-reactive ketones (excluding diaryl/α,β-unsaturated/α-hetero) is 1. The molecule has 4 rings (SSSR count). The number of nitrogens with zero attached hydrogens (tertiary/aromatic N) is 1. The number of carbonyl (C=O) groups excluding carboxylic acids is 2. The number of fused-ring (bicyclic) bond motifs is 2. The molecule has 4 aliphatic rings. The Morgan fingerprint density at radius 2 is 2.26 bits per heavy atom. The van der Waals surface area contributed by atoms with E-state index in [0.29, 0.717) is 0 Å². The van der Waals surface area contributed by atoms with Crippen molar-refractivity contribution in [3.63, 3.8) is 0 Å². The van der Waals surface area contributed by atoms with Gasteiger partial charge in [0.15, 0.2) is 5.78 Å². The molecule has 3 aliphatic heterocycles. The predicted octanol–water partition coefficient (Wildman–Crippen LogP) is 2.27. The molecule has 1 spiro atoms. The van der Waals surface area contributed by atoms with Crippen molar-refractivity contribution in [1.29, 1.82) is 0 Å². The first-order valence-electron chi connectivity index (χ1n) is 7.53. The van der Waals surface area contributed by atoms with Gasteiger partial charge in [-0.25, -0.2) is 4.79 Å². The summed E-state index contributed by atoms with van der Waals surface area (Å²) in [4.78, 5) is 26.6. The van der Waals surface area contributed by atoms with E-state index in [1.165, 1.54) is 0 Å². The Labute approximate surface area is 133 Å². The summed E-state index contributed by atoms with van der Waals surface area (Å²) in [6.07, 6.45) is 14.9. The molecule has 3 heterocycles. The molecule has 5 nitrogen and oxygen atoms in total. The summed E-state index contributed by atoms with van der Waals surface area (Å²) in [5.41, 5.74) is 1.29. The highest BCUT2D eigenvalue weighted by Gasteiger charge is 2.50. The molecular weight excluding hydrogens is 294 g/mol. The van der Waals surface area contributed by atoms with Gasteiger partial charge in [-0.15, -0.1) is 0 Å². The maximum absolute atomic E-state index is 12.6. The lowest BCUT2D eigenvalue weighted by Gasteiger charge is -2.42. The minimum absolute atomic E-state index is 0.111. The van der Waals surface area contributed by atoms with Crippen LogP contribution in [-0.2, 0) is 19.1 Å². The third-order valence-corrected chi connectivity index (χ3v) is 4.38.